The van der Waals surface area contributed by atoms with E-state index >= 15 is 0 Å². The van der Waals surface area contributed by atoms with Gasteiger partial charge < -0.3 is 10.7 Å². The molecule has 0 bridgehead atoms. The first kappa shape index (κ1) is 7.94. The van der Waals surface area contributed by atoms with Gasteiger partial charge in [0.1, 0.15) is 5.69 Å². The van der Waals surface area contributed by atoms with Crippen molar-refractivity contribution in [1.82, 2.24) is 15.2 Å². The second kappa shape index (κ2) is 3.37. The van der Waals surface area contributed by atoms with Gasteiger partial charge in [0.2, 0.25) is 0 Å². The quantitative estimate of drug-likeness (QED) is 0.711. The molecular weight excluding hydrogens is 164 g/mol. The van der Waals surface area contributed by atoms with Gasteiger partial charge in [-0.05, 0) is 23.8 Å². The molecule has 13 heavy (non-hydrogen) atoms. The number of H-pyrrole nitrogens is 1. The van der Waals surface area contributed by atoms with E-state index in [2.05, 4.69) is 15.2 Å². The Morgan fingerprint density at radius 2 is 2.38 bits per heavy atom. The molecule has 0 aliphatic carbocycles. The summed E-state index contributed by atoms with van der Waals surface area (Å²) in [5.74, 6) is 0. The fraction of sp³-hybridized carbons (Fsp3) is 0.111. The third-order valence-corrected chi connectivity index (χ3v) is 1.82. The molecule has 2 aromatic rings. The molecule has 0 saturated heterocycles. The molecule has 0 saturated carbocycles. The zero-order valence-corrected chi connectivity index (χ0v) is 7.07. The van der Waals surface area contributed by atoms with Crippen LogP contribution in [0.15, 0.2) is 30.6 Å². The van der Waals surface area contributed by atoms with Crippen LogP contribution in [0.3, 0.4) is 0 Å². The molecular formula is C9H10N4. The highest BCUT2D eigenvalue weighted by atomic mass is 15.1. The summed E-state index contributed by atoms with van der Waals surface area (Å²) in [6.45, 7) is 0.489. The molecule has 0 fully saturated rings. The van der Waals surface area contributed by atoms with Gasteiger partial charge in [0, 0.05) is 12.7 Å². The van der Waals surface area contributed by atoms with Crippen LogP contribution in [-0.2, 0) is 6.54 Å². The first-order chi connectivity index (χ1) is 6.40. The normalized spacial score (nSPS) is 10.2. The van der Waals surface area contributed by atoms with Crippen LogP contribution in [0.2, 0.25) is 0 Å². The summed E-state index contributed by atoms with van der Waals surface area (Å²) in [6.07, 6.45) is 3.53. The molecule has 0 spiro atoms. The number of nitrogens with zero attached hydrogens (tertiary/aromatic N) is 2. The number of aromatic amines is 1. The van der Waals surface area contributed by atoms with Gasteiger partial charge in [-0.3, -0.25) is 0 Å². The van der Waals surface area contributed by atoms with Crippen molar-refractivity contribution in [3.05, 3.63) is 36.2 Å². The summed E-state index contributed by atoms with van der Waals surface area (Å²) in [6, 6.07) is 5.80. The van der Waals surface area contributed by atoms with Gasteiger partial charge in [-0.1, -0.05) is 0 Å². The first-order valence-corrected chi connectivity index (χ1v) is 4.05. The molecule has 66 valence electrons. The molecule has 2 aromatic heterocycles. The summed E-state index contributed by atoms with van der Waals surface area (Å²) in [7, 11) is 0. The summed E-state index contributed by atoms with van der Waals surface area (Å²) >= 11 is 0. The van der Waals surface area contributed by atoms with E-state index in [1.165, 1.54) is 0 Å². The third-order valence-electron chi connectivity index (χ3n) is 1.82. The molecule has 4 heteroatoms. The Hall–Kier alpha value is -1.68. The van der Waals surface area contributed by atoms with Crippen LogP contribution in [0.1, 0.15) is 5.56 Å². The Labute approximate surface area is 75.8 Å². The summed E-state index contributed by atoms with van der Waals surface area (Å²) in [5.41, 5.74) is 8.27. The minimum Gasteiger partial charge on any atom is -0.360 e. The van der Waals surface area contributed by atoms with E-state index in [0.29, 0.717) is 6.54 Å². The maximum atomic E-state index is 5.49. The summed E-state index contributed by atoms with van der Waals surface area (Å²) < 4.78 is 0. The average molecular weight is 174 g/mol. The van der Waals surface area contributed by atoms with Crippen molar-refractivity contribution < 1.29 is 0 Å². The van der Waals surface area contributed by atoms with Gasteiger partial charge in [0.25, 0.3) is 0 Å². The minimum absolute atomic E-state index is 0.489. The zero-order chi connectivity index (χ0) is 9.10. The number of hydrogen-bond donors (Lipinski definition) is 2. The molecule has 0 aromatic carbocycles. The van der Waals surface area contributed by atoms with Crippen molar-refractivity contribution in [2.24, 2.45) is 5.73 Å². The predicted molar refractivity (Wildman–Crippen MR) is 49.7 cm³/mol. The fourth-order valence-electron chi connectivity index (χ4n) is 1.14. The number of rotatable bonds is 2. The number of nitrogens with one attached hydrogen (secondary N) is 1. The SMILES string of the molecule is NCc1cnnc(-c2ccc[nH]2)c1. The topological polar surface area (TPSA) is 67.6 Å². The number of nitrogens with two attached hydrogens (primary N) is 1. The minimum atomic E-state index is 0.489. The zero-order valence-electron chi connectivity index (χ0n) is 7.07. The highest BCUT2D eigenvalue weighted by Crippen LogP contribution is 2.13. The Bertz CT molecular complexity index is 380. The molecule has 0 atom stereocenters. The maximum absolute atomic E-state index is 5.49. The van der Waals surface area contributed by atoms with Crippen molar-refractivity contribution in [2.45, 2.75) is 6.54 Å². The second-order valence-electron chi connectivity index (χ2n) is 2.74. The molecule has 0 aliphatic heterocycles. The Balaban J connectivity index is 2.41. The Kier molecular flexibility index (Phi) is 2.06. The molecule has 0 amide bonds. The predicted octanol–water partition coefficient (Wildman–Crippen LogP) is 0.930. The number of aromatic nitrogens is 3. The van der Waals surface area contributed by atoms with Crippen LogP contribution in [0.25, 0.3) is 11.4 Å². The van der Waals surface area contributed by atoms with Crippen LogP contribution in [0, 0.1) is 0 Å². The molecule has 3 N–H and O–H groups in total. The van der Waals surface area contributed by atoms with Gasteiger partial charge in [-0.2, -0.15) is 5.10 Å². The smallest absolute Gasteiger partial charge is 0.109 e. The van der Waals surface area contributed by atoms with Gasteiger partial charge in [0.15, 0.2) is 0 Å². The van der Waals surface area contributed by atoms with Gasteiger partial charge in [-0.15, -0.1) is 5.10 Å². The van der Waals surface area contributed by atoms with Gasteiger partial charge in [-0.25, -0.2) is 0 Å². The monoisotopic (exact) mass is 174 g/mol. The van der Waals surface area contributed by atoms with Crippen molar-refractivity contribution in [3.8, 4) is 11.4 Å². The Morgan fingerprint density at radius 1 is 1.46 bits per heavy atom. The lowest BCUT2D eigenvalue weighted by Crippen LogP contribution is -1.98. The molecule has 2 heterocycles. The number of hydrogen-bond acceptors (Lipinski definition) is 3. The second-order valence-corrected chi connectivity index (χ2v) is 2.74. The molecule has 4 nitrogen and oxygen atoms in total. The molecule has 0 aliphatic rings. The first-order valence-electron chi connectivity index (χ1n) is 4.05. The lowest BCUT2D eigenvalue weighted by Gasteiger charge is -1.98. The van der Waals surface area contributed by atoms with Crippen molar-refractivity contribution >= 4 is 0 Å². The average Bonchev–Trinajstić information content (AvgIpc) is 2.71. The van der Waals surface area contributed by atoms with Crippen molar-refractivity contribution in [3.63, 3.8) is 0 Å². The van der Waals surface area contributed by atoms with E-state index < -0.39 is 0 Å². The maximum Gasteiger partial charge on any atom is 0.109 e. The van der Waals surface area contributed by atoms with E-state index in [9.17, 15) is 0 Å². The standard InChI is InChI=1S/C9H10N4/c10-5-7-4-9(13-12-6-7)8-2-1-3-11-8/h1-4,6,11H,5,10H2. The van der Waals surface area contributed by atoms with Gasteiger partial charge >= 0.3 is 0 Å². The van der Waals surface area contributed by atoms with Crippen molar-refractivity contribution in [1.29, 1.82) is 0 Å². The fourth-order valence-corrected chi connectivity index (χ4v) is 1.14. The third kappa shape index (κ3) is 1.57. The molecule has 2 rings (SSSR count). The largest absolute Gasteiger partial charge is 0.360 e. The van der Waals surface area contributed by atoms with E-state index in [-0.39, 0.29) is 0 Å². The Morgan fingerprint density at radius 3 is 3.08 bits per heavy atom. The van der Waals surface area contributed by atoms with E-state index in [1.807, 2.05) is 24.4 Å². The molecule has 0 radical (unpaired) electrons. The van der Waals surface area contributed by atoms with E-state index in [4.69, 9.17) is 5.73 Å². The highest BCUT2D eigenvalue weighted by Gasteiger charge is 2.00. The van der Waals surface area contributed by atoms with E-state index in [1.54, 1.807) is 6.20 Å². The highest BCUT2D eigenvalue weighted by molar-refractivity contribution is 5.53. The van der Waals surface area contributed by atoms with Crippen LogP contribution in [-0.4, -0.2) is 15.2 Å². The van der Waals surface area contributed by atoms with Crippen LogP contribution < -0.4 is 5.73 Å². The van der Waals surface area contributed by atoms with Crippen LogP contribution >= 0.6 is 0 Å². The lowest BCUT2D eigenvalue weighted by molar-refractivity contribution is 0.968. The van der Waals surface area contributed by atoms with Crippen LogP contribution in [0.5, 0.6) is 0 Å². The van der Waals surface area contributed by atoms with Crippen LogP contribution in [0.4, 0.5) is 0 Å². The molecule has 0 unspecified atom stereocenters. The summed E-state index contributed by atoms with van der Waals surface area (Å²) in [4.78, 5) is 3.06. The van der Waals surface area contributed by atoms with Gasteiger partial charge in [0.05, 0.1) is 11.9 Å². The lowest BCUT2D eigenvalue weighted by atomic mass is 10.2. The van der Waals surface area contributed by atoms with E-state index in [0.717, 1.165) is 17.0 Å². The summed E-state index contributed by atoms with van der Waals surface area (Å²) in [5, 5.41) is 7.85. The van der Waals surface area contributed by atoms with Crippen molar-refractivity contribution in [2.75, 3.05) is 0 Å².